The number of benzene rings is 2. The quantitative estimate of drug-likeness (QED) is 0.439. The van der Waals surface area contributed by atoms with Crippen LogP contribution < -0.4 is 5.32 Å². The number of amides is 1. The summed E-state index contributed by atoms with van der Waals surface area (Å²) in [5.41, 5.74) is 1.27. The standard InChI is InChI=1S/C14H9BrCl2N2O2/c15-10-3-1-9(2-4-10)8-18-21-14(20)19-11-5-6-12(16)13(17)7-11/h1-8H,(H,19,20). The fraction of sp³-hybridized carbons (Fsp3) is 0. The van der Waals surface area contributed by atoms with Crippen LogP contribution in [-0.4, -0.2) is 12.3 Å². The van der Waals surface area contributed by atoms with Crippen LogP contribution in [0.5, 0.6) is 0 Å². The van der Waals surface area contributed by atoms with E-state index >= 15 is 0 Å². The molecule has 4 nitrogen and oxygen atoms in total. The normalized spacial score (nSPS) is 10.6. The van der Waals surface area contributed by atoms with Gasteiger partial charge in [-0.3, -0.25) is 10.2 Å². The van der Waals surface area contributed by atoms with E-state index in [1.165, 1.54) is 12.3 Å². The number of hydrogen-bond acceptors (Lipinski definition) is 3. The van der Waals surface area contributed by atoms with Crippen molar-refractivity contribution in [3.05, 3.63) is 62.5 Å². The molecule has 0 saturated heterocycles. The molecule has 1 amide bonds. The number of anilines is 1. The molecule has 21 heavy (non-hydrogen) atoms. The SMILES string of the molecule is O=C(Nc1ccc(Cl)c(Cl)c1)ON=Cc1ccc(Br)cc1. The molecule has 2 rings (SSSR count). The minimum Gasteiger partial charge on any atom is -0.298 e. The van der Waals surface area contributed by atoms with Crippen LogP contribution in [0.15, 0.2) is 52.1 Å². The van der Waals surface area contributed by atoms with Crippen LogP contribution >= 0.6 is 39.1 Å². The van der Waals surface area contributed by atoms with Crippen LogP contribution in [0.25, 0.3) is 0 Å². The van der Waals surface area contributed by atoms with E-state index < -0.39 is 6.09 Å². The van der Waals surface area contributed by atoms with E-state index in [1.54, 1.807) is 12.1 Å². The smallest absolute Gasteiger partial charge is 0.298 e. The van der Waals surface area contributed by atoms with Crippen molar-refractivity contribution in [2.45, 2.75) is 0 Å². The summed E-state index contributed by atoms with van der Waals surface area (Å²) in [6.07, 6.45) is 0.711. The van der Waals surface area contributed by atoms with Crippen LogP contribution in [0.4, 0.5) is 10.5 Å². The Morgan fingerprint density at radius 2 is 1.86 bits per heavy atom. The lowest BCUT2D eigenvalue weighted by molar-refractivity contribution is 0.167. The van der Waals surface area contributed by atoms with E-state index in [-0.39, 0.29) is 0 Å². The van der Waals surface area contributed by atoms with Crippen molar-refractivity contribution in [3.63, 3.8) is 0 Å². The van der Waals surface area contributed by atoms with Gasteiger partial charge in [0.25, 0.3) is 0 Å². The number of carbonyl (C=O) groups is 1. The third kappa shape index (κ3) is 5.04. The van der Waals surface area contributed by atoms with E-state index in [4.69, 9.17) is 23.2 Å². The topological polar surface area (TPSA) is 50.7 Å². The van der Waals surface area contributed by atoms with Gasteiger partial charge in [-0.1, -0.05) is 56.4 Å². The summed E-state index contributed by atoms with van der Waals surface area (Å²) in [6, 6.07) is 12.1. The Kier molecular flexibility index (Phi) is 5.61. The van der Waals surface area contributed by atoms with Crippen LogP contribution in [0.2, 0.25) is 10.0 Å². The summed E-state index contributed by atoms with van der Waals surface area (Å²) < 4.78 is 0.956. The van der Waals surface area contributed by atoms with Gasteiger partial charge >= 0.3 is 6.09 Å². The predicted octanol–water partition coefficient (Wildman–Crippen LogP) is 5.34. The zero-order valence-corrected chi connectivity index (χ0v) is 13.6. The summed E-state index contributed by atoms with van der Waals surface area (Å²) in [5.74, 6) is 0. The maximum atomic E-state index is 11.5. The number of halogens is 3. The Morgan fingerprint density at radius 3 is 2.52 bits per heavy atom. The van der Waals surface area contributed by atoms with Gasteiger partial charge in [0, 0.05) is 10.2 Å². The van der Waals surface area contributed by atoms with Crippen molar-refractivity contribution in [2.24, 2.45) is 5.16 Å². The van der Waals surface area contributed by atoms with E-state index in [2.05, 4.69) is 31.2 Å². The number of oxime groups is 1. The minimum absolute atomic E-state index is 0.341. The van der Waals surface area contributed by atoms with Gasteiger partial charge in [-0.25, -0.2) is 4.79 Å². The molecule has 0 radical (unpaired) electrons. The lowest BCUT2D eigenvalue weighted by atomic mass is 10.2. The summed E-state index contributed by atoms with van der Waals surface area (Å²) in [5, 5.41) is 6.82. The molecule has 2 aromatic carbocycles. The van der Waals surface area contributed by atoms with Crippen LogP contribution in [-0.2, 0) is 4.84 Å². The molecule has 0 heterocycles. The summed E-state index contributed by atoms with van der Waals surface area (Å²) in [4.78, 5) is 16.2. The molecular weight excluding hydrogens is 379 g/mol. The highest BCUT2D eigenvalue weighted by Gasteiger charge is 2.04. The van der Waals surface area contributed by atoms with Crippen molar-refractivity contribution in [1.82, 2.24) is 0 Å². The second-order valence-electron chi connectivity index (χ2n) is 3.92. The van der Waals surface area contributed by atoms with Gasteiger partial charge in [-0.2, -0.15) is 0 Å². The summed E-state index contributed by atoms with van der Waals surface area (Å²) in [6.45, 7) is 0. The molecule has 0 bridgehead atoms. The summed E-state index contributed by atoms with van der Waals surface area (Å²) in [7, 11) is 0. The molecule has 2 aromatic rings. The van der Waals surface area contributed by atoms with E-state index in [9.17, 15) is 4.79 Å². The van der Waals surface area contributed by atoms with E-state index in [0.29, 0.717) is 15.7 Å². The number of nitrogens with one attached hydrogen (secondary N) is 1. The minimum atomic E-state index is -0.721. The van der Waals surface area contributed by atoms with Gasteiger partial charge in [0.1, 0.15) is 0 Å². The van der Waals surface area contributed by atoms with E-state index in [1.807, 2.05) is 24.3 Å². The van der Waals surface area contributed by atoms with Crippen molar-refractivity contribution in [2.75, 3.05) is 5.32 Å². The second-order valence-corrected chi connectivity index (χ2v) is 5.65. The van der Waals surface area contributed by atoms with Crippen molar-refractivity contribution >= 4 is 57.1 Å². The fourth-order valence-corrected chi connectivity index (χ4v) is 1.96. The molecule has 0 saturated carbocycles. The average molecular weight is 388 g/mol. The van der Waals surface area contributed by atoms with Gasteiger partial charge in [-0.15, -0.1) is 0 Å². The first-order chi connectivity index (χ1) is 10.0. The first-order valence-electron chi connectivity index (χ1n) is 5.76. The van der Waals surface area contributed by atoms with Crippen LogP contribution in [0, 0.1) is 0 Å². The highest BCUT2D eigenvalue weighted by atomic mass is 79.9. The van der Waals surface area contributed by atoms with Crippen LogP contribution in [0.1, 0.15) is 5.56 Å². The monoisotopic (exact) mass is 386 g/mol. The van der Waals surface area contributed by atoms with Crippen molar-refractivity contribution in [1.29, 1.82) is 0 Å². The van der Waals surface area contributed by atoms with Gasteiger partial charge in [-0.05, 0) is 35.9 Å². The molecule has 0 spiro atoms. The molecule has 1 N–H and O–H groups in total. The third-order valence-electron chi connectivity index (χ3n) is 2.37. The largest absolute Gasteiger partial charge is 0.437 e. The number of nitrogens with zero attached hydrogens (tertiary/aromatic N) is 1. The highest BCUT2D eigenvalue weighted by Crippen LogP contribution is 2.25. The molecule has 0 aliphatic rings. The molecule has 0 aliphatic carbocycles. The Bertz CT molecular complexity index is 675. The molecule has 7 heteroatoms. The molecule has 0 fully saturated rings. The predicted molar refractivity (Wildman–Crippen MR) is 88.3 cm³/mol. The first kappa shape index (κ1) is 15.8. The zero-order chi connectivity index (χ0) is 15.2. The van der Waals surface area contributed by atoms with E-state index in [0.717, 1.165) is 10.0 Å². The van der Waals surface area contributed by atoms with Crippen LogP contribution in [0.3, 0.4) is 0 Å². The lowest BCUT2D eigenvalue weighted by Gasteiger charge is -2.03. The molecular formula is C14H9BrCl2N2O2. The Hall–Kier alpha value is -1.56. The highest BCUT2D eigenvalue weighted by molar-refractivity contribution is 9.10. The second kappa shape index (κ2) is 7.45. The average Bonchev–Trinajstić information content (AvgIpc) is 2.45. The molecule has 0 atom stereocenters. The van der Waals surface area contributed by atoms with Gasteiger partial charge < -0.3 is 0 Å². The number of rotatable bonds is 3. The van der Waals surface area contributed by atoms with Gasteiger partial charge in [0.15, 0.2) is 0 Å². The lowest BCUT2D eigenvalue weighted by Crippen LogP contribution is -2.10. The van der Waals surface area contributed by atoms with Gasteiger partial charge in [0.05, 0.1) is 16.3 Å². The maximum Gasteiger partial charge on any atom is 0.437 e. The number of carbonyl (C=O) groups excluding carboxylic acids is 1. The Balaban J connectivity index is 1.89. The molecule has 0 unspecified atom stereocenters. The summed E-state index contributed by atoms with van der Waals surface area (Å²) >= 11 is 14.9. The zero-order valence-electron chi connectivity index (χ0n) is 10.5. The van der Waals surface area contributed by atoms with Crippen molar-refractivity contribution < 1.29 is 9.63 Å². The first-order valence-corrected chi connectivity index (χ1v) is 7.31. The maximum absolute atomic E-state index is 11.5. The van der Waals surface area contributed by atoms with Gasteiger partial charge in [0.2, 0.25) is 0 Å². The molecule has 108 valence electrons. The number of hydrogen-bond donors (Lipinski definition) is 1. The fourth-order valence-electron chi connectivity index (χ4n) is 1.40. The molecule has 0 aliphatic heterocycles. The third-order valence-corrected chi connectivity index (χ3v) is 3.64. The van der Waals surface area contributed by atoms with Crippen molar-refractivity contribution in [3.8, 4) is 0 Å². The Labute approximate surface area is 139 Å². The Morgan fingerprint density at radius 1 is 1.14 bits per heavy atom. The molecule has 0 aromatic heterocycles.